The van der Waals surface area contributed by atoms with Crippen molar-refractivity contribution < 1.29 is 24.0 Å². The molecule has 0 saturated carbocycles. The maximum Gasteiger partial charge on any atom is 0.295 e. The molecule has 168 valence electrons. The molecule has 32 heavy (non-hydrogen) atoms. The minimum absolute atomic E-state index is 0.0508. The van der Waals surface area contributed by atoms with Gasteiger partial charge in [-0.05, 0) is 51.2 Å². The Bertz CT molecular complexity index is 1110. The molecule has 8 nitrogen and oxygen atoms in total. The van der Waals surface area contributed by atoms with Gasteiger partial charge in [0.1, 0.15) is 11.6 Å². The number of aliphatic hydroxyl groups excluding tert-OH is 1. The van der Waals surface area contributed by atoms with Crippen LogP contribution in [0.2, 0.25) is 0 Å². The molecule has 2 aromatic carbocycles. The number of rotatable bonds is 7. The number of aliphatic hydroxyl groups is 1. The summed E-state index contributed by atoms with van der Waals surface area (Å²) in [5.74, 6) is -2.81. The number of nitro benzene ring substituents is 1. The molecule has 2 aromatic rings. The molecule has 0 bridgehead atoms. The Kier molecular flexibility index (Phi) is 6.69. The maximum atomic E-state index is 14.1. The number of Topliss-reactive ketones (excluding diaryl/α,β-unsaturated/α-hetero) is 1. The molecule has 0 spiro atoms. The van der Waals surface area contributed by atoms with Crippen molar-refractivity contribution in [3.8, 4) is 0 Å². The maximum absolute atomic E-state index is 14.1. The number of benzene rings is 2. The second-order valence-corrected chi connectivity index (χ2v) is 7.97. The molecule has 1 N–H and O–H groups in total. The van der Waals surface area contributed by atoms with Gasteiger partial charge in [-0.15, -0.1) is 0 Å². The second-order valence-electron chi connectivity index (χ2n) is 7.97. The van der Waals surface area contributed by atoms with Crippen LogP contribution >= 0.6 is 0 Å². The number of nitro groups is 1. The monoisotopic (exact) mass is 441 g/mol. The summed E-state index contributed by atoms with van der Waals surface area (Å²) < 4.78 is 14.1. The number of halogens is 1. The minimum Gasteiger partial charge on any atom is -0.507 e. The van der Waals surface area contributed by atoms with E-state index in [1.54, 1.807) is 13.0 Å². The van der Waals surface area contributed by atoms with Gasteiger partial charge >= 0.3 is 0 Å². The number of carbonyl (C=O) groups is 2. The first-order valence-electron chi connectivity index (χ1n) is 10.1. The summed E-state index contributed by atoms with van der Waals surface area (Å²) in [5.41, 5.74) is 0.305. The van der Waals surface area contributed by atoms with Gasteiger partial charge in [0.15, 0.2) is 0 Å². The summed E-state index contributed by atoms with van der Waals surface area (Å²) in [7, 11) is 3.75. The van der Waals surface area contributed by atoms with Crippen molar-refractivity contribution in [3.05, 3.63) is 80.7 Å². The van der Waals surface area contributed by atoms with Crippen molar-refractivity contribution in [1.82, 2.24) is 9.80 Å². The number of aryl methyl sites for hydroxylation is 1. The first kappa shape index (κ1) is 23.1. The summed E-state index contributed by atoms with van der Waals surface area (Å²) >= 11 is 0. The molecule has 3 rings (SSSR count). The number of non-ortho nitro benzene ring substituents is 1. The average Bonchev–Trinajstić information content (AvgIpc) is 3.00. The molecule has 0 radical (unpaired) electrons. The number of likely N-dealkylation sites (tertiary alicyclic amines) is 1. The van der Waals surface area contributed by atoms with Crippen molar-refractivity contribution in [2.24, 2.45) is 0 Å². The van der Waals surface area contributed by atoms with Gasteiger partial charge in [0.05, 0.1) is 16.5 Å². The van der Waals surface area contributed by atoms with Crippen LogP contribution in [0.1, 0.15) is 29.2 Å². The van der Waals surface area contributed by atoms with E-state index in [2.05, 4.69) is 0 Å². The minimum atomic E-state index is -1.03. The molecule has 1 saturated heterocycles. The van der Waals surface area contributed by atoms with E-state index in [1.807, 2.05) is 19.0 Å². The number of ketones is 1. The standard InChI is InChI=1S/C23H24FN3O5/c1-14-8-9-16(13-18(14)24)21(28)19-20(15-6-4-7-17(12-15)27(31)32)26(23(30)22(19)29)11-5-10-25(2)3/h4,6-9,12-13,20,28H,5,10-11H2,1-3H3/t20-/m1/s1. The predicted octanol–water partition coefficient (Wildman–Crippen LogP) is 3.42. The highest BCUT2D eigenvalue weighted by atomic mass is 19.1. The molecule has 0 unspecified atom stereocenters. The lowest BCUT2D eigenvalue weighted by molar-refractivity contribution is -0.384. The van der Waals surface area contributed by atoms with Crippen LogP contribution in [-0.4, -0.2) is 58.7 Å². The molecule has 1 heterocycles. The Morgan fingerprint density at radius 1 is 1.22 bits per heavy atom. The van der Waals surface area contributed by atoms with Crippen LogP contribution in [0.4, 0.5) is 10.1 Å². The lowest BCUT2D eigenvalue weighted by atomic mass is 9.94. The molecule has 0 aliphatic carbocycles. The molecule has 1 atom stereocenters. The van der Waals surface area contributed by atoms with Crippen molar-refractivity contribution in [2.45, 2.75) is 19.4 Å². The average molecular weight is 441 g/mol. The topological polar surface area (TPSA) is 104 Å². The van der Waals surface area contributed by atoms with Crippen LogP contribution in [0.15, 0.2) is 48.0 Å². The smallest absolute Gasteiger partial charge is 0.295 e. The van der Waals surface area contributed by atoms with Gasteiger partial charge < -0.3 is 14.9 Å². The van der Waals surface area contributed by atoms with Crippen molar-refractivity contribution in [3.63, 3.8) is 0 Å². The third kappa shape index (κ3) is 4.52. The second kappa shape index (κ2) is 9.27. The highest BCUT2D eigenvalue weighted by Crippen LogP contribution is 2.40. The molecular formula is C23H24FN3O5. The molecule has 1 aliphatic heterocycles. The van der Waals surface area contributed by atoms with Crippen LogP contribution < -0.4 is 0 Å². The molecule has 1 fully saturated rings. The molecule has 1 aliphatic rings. The molecular weight excluding hydrogens is 417 g/mol. The van der Waals surface area contributed by atoms with E-state index in [0.29, 0.717) is 24.1 Å². The van der Waals surface area contributed by atoms with Gasteiger partial charge in [0, 0.05) is 24.2 Å². The van der Waals surface area contributed by atoms with Crippen molar-refractivity contribution >= 4 is 23.1 Å². The third-order valence-electron chi connectivity index (χ3n) is 5.39. The SMILES string of the molecule is Cc1ccc(C(O)=C2C(=O)C(=O)N(CCCN(C)C)[C@@H]2c2cccc([N+](=O)[O-])c2)cc1F. The van der Waals surface area contributed by atoms with Crippen molar-refractivity contribution in [2.75, 3.05) is 27.2 Å². The number of carbonyl (C=O) groups excluding carboxylic acids is 2. The fraction of sp³-hybridized carbons (Fsp3) is 0.304. The van der Waals surface area contributed by atoms with E-state index in [-0.39, 0.29) is 23.4 Å². The van der Waals surface area contributed by atoms with E-state index in [4.69, 9.17) is 0 Å². The molecule has 0 aromatic heterocycles. The van der Waals surface area contributed by atoms with Crippen LogP contribution in [0, 0.1) is 22.9 Å². The number of hydrogen-bond acceptors (Lipinski definition) is 6. The largest absolute Gasteiger partial charge is 0.507 e. The molecule has 1 amide bonds. The third-order valence-corrected chi connectivity index (χ3v) is 5.39. The highest BCUT2D eigenvalue weighted by Gasteiger charge is 2.46. The van der Waals surface area contributed by atoms with E-state index < -0.39 is 34.2 Å². The molecule has 9 heteroatoms. The van der Waals surface area contributed by atoms with Gasteiger partial charge in [0.25, 0.3) is 17.4 Å². The zero-order valence-electron chi connectivity index (χ0n) is 18.0. The van der Waals surface area contributed by atoms with E-state index in [1.165, 1.54) is 35.2 Å². The Labute approximate surface area is 184 Å². The zero-order chi connectivity index (χ0) is 23.6. The van der Waals surface area contributed by atoms with Gasteiger partial charge in [0.2, 0.25) is 0 Å². The fourth-order valence-corrected chi connectivity index (χ4v) is 3.72. The Balaban J connectivity index is 2.15. The van der Waals surface area contributed by atoms with Crippen LogP contribution in [0.5, 0.6) is 0 Å². The Hall–Kier alpha value is -3.59. The van der Waals surface area contributed by atoms with Crippen LogP contribution in [0.3, 0.4) is 0 Å². The van der Waals surface area contributed by atoms with Gasteiger partial charge in [-0.25, -0.2) is 4.39 Å². The Morgan fingerprint density at radius 3 is 2.56 bits per heavy atom. The normalized spacial score (nSPS) is 17.9. The number of hydrogen-bond donors (Lipinski definition) is 1. The first-order chi connectivity index (χ1) is 15.1. The van der Waals surface area contributed by atoms with Crippen LogP contribution in [0.25, 0.3) is 5.76 Å². The lowest BCUT2D eigenvalue weighted by Gasteiger charge is -2.25. The van der Waals surface area contributed by atoms with E-state index in [0.717, 1.165) is 6.07 Å². The number of nitrogens with zero attached hydrogens (tertiary/aromatic N) is 3. The van der Waals surface area contributed by atoms with Gasteiger partial charge in [-0.2, -0.15) is 0 Å². The quantitative estimate of drug-likeness (QED) is 0.232. The van der Waals surface area contributed by atoms with Crippen LogP contribution in [-0.2, 0) is 9.59 Å². The fourth-order valence-electron chi connectivity index (χ4n) is 3.72. The number of amides is 1. The van der Waals surface area contributed by atoms with Crippen molar-refractivity contribution in [1.29, 1.82) is 0 Å². The van der Waals surface area contributed by atoms with E-state index in [9.17, 15) is 29.2 Å². The van der Waals surface area contributed by atoms with Gasteiger partial charge in [-0.3, -0.25) is 19.7 Å². The van der Waals surface area contributed by atoms with E-state index >= 15 is 0 Å². The summed E-state index contributed by atoms with van der Waals surface area (Å²) in [6.45, 7) is 2.41. The highest BCUT2D eigenvalue weighted by molar-refractivity contribution is 6.46. The summed E-state index contributed by atoms with van der Waals surface area (Å²) in [5, 5.41) is 22.2. The van der Waals surface area contributed by atoms with Gasteiger partial charge in [-0.1, -0.05) is 24.3 Å². The first-order valence-corrected chi connectivity index (χ1v) is 10.1. The lowest BCUT2D eigenvalue weighted by Crippen LogP contribution is -2.32. The summed E-state index contributed by atoms with van der Waals surface area (Å²) in [6.07, 6.45) is 0.546. The summed E-state index contributed by atoms with van der Waals surface area (Å²) in [4.78, 5) is 39.7. The summed E-state index contributed by atoms with van der Waals surface area (Å²) in [6, 6.07) is 8.58. The zero-order valence-corrected chi connectivity index (χ0v) is 18.0. The Morgan fingerprint density at radius 2 is 1.94 bits per heavy atom. The predicted molar refractivity (Wildman–Crippen MR) is 116 cm³/mol.